The predicted octanol–water partition coefficient (Wildman–Crippen LogP) is 3.52. The Balaban J connectivity index is 3.14. The minimum absolute atomic E-state index is 0.0565. The standard InChI is InChI=1S/C30H44Cl4N4O7/c1-8-18(4)25(29(44)45-16-30(32,33)34)36-24(40)15-37(6)28(43)22(14-20-9-11-21(31)12-10-20)38(7)27(42)19(5)35-26(41)23(39)13-17(2)3/h9-12,17-19,22-23,25,39H,8,13-16H2,1-7H3,(H,35,41)(H,36,40). The molecule has 11 nitrogen and oxygen atoms in total. The van der Waals surface area contributed by atoms with E-state index in [2.05, 4.69) is 10.6 Å². The molecule has 45 heavy (non-hydrogen) atoms. The van der Waals surface area contributed by atoms with Crippen LogP contribution < -0.4 is 10.6 Å². The van der Waals surface area contributed by atoms with Crippen molar-refractivity contribution in [2.75, 3.05) is 27.2 Å². The largest absolute Gasteiger partial charge is 0.460 e. The van der Waals surface area contributed by atoms with E-state index >= 15 is 0 Å². The van der Waals surface area contributed by atoms with E-state index in [0.29, 0.717) is 17.0 Å². The van der Waals surface area contributed by atoms with Crippen LogP contribution in [0.15, 0.2) is 24.3 Å². The van der Waals surface area contributed by atoms with Crippen LogP contribution in [0.4, 0.5) is 0 Å². The second-order valence-corrected chi connectivity index (χ2v) is 14.5. The third-order valence-corrected chi connectivity index (χ3v) is 7.67. The minimum Gasteiger partial charge on any atom is -0.460 e. The predicted molar refractivity (Wildman–Crippen MR) is 175 cm³/mol. The Hall–Kier alpha value is -2.31. The fourth-order valence-corrected chi connectivity index (χ4v) is 4.59. The van der Waals surface area contributed by atoms with Crippen LogP contribution in [0.3, 0.4) is 0 Å². The summed E-state index contributed by atoms with van der Waals surface area (Å²) in [4.78, 5) is 67.7. The van der Waals surface area contributed by atoms with E-state index in [9.17, 15) is 29.1 Å². The Labute approximate surface area is 285 Å². The van der Waals surface area contributed by atoms with E-state index in [-0.39, 0.29) is 24.7 Å². The number of likely N-dealkylation sites (N-methyl/N-ethyl adjacent to an activating group) is 2. The summed E-state index contributed by atoms with van der Waals surface area (Å²) in [6.45, 7) is 7.76. The van der Waals surface area contributed by atoms with E-state index in [4.69, 9.17) is 51.1 Å². The molecule has 3 N–H and O–H groups in total. The number of alkyl halides is 3. The molecule has 0 spiro atoms. The quantitative estimate of drug-likeness (QED) is 0.176. The maximum atomic E-state index is 13.8. The number of esters is 1. The van der Waals surface area contributed by atoms with Crippen LogP contribution in [0.25, 0.3) is 0 Å². The average molecular weight is 715 g/mol. The summed E-state index contributed by atoms with van der Waals surface area (Å²) in [6.07, 6.45) is -0.488. The number of nitrogens with one attached hydrogen (secondary N) is 2. The van der Waals surface area contributed by atoms with Gasteiger partial charge in [-0.1, -0.05) is 92.7 Å². The number of carbonyl (C=O) groups excluding carboxylic acids is 5. The number of nitrogens with zero attached hydrogens (tertiary/aromatic N) is 2. The van der Waals surface area contributed by atoms with Crippen molar-refractivity contribution in [3.8, 4) is 0 Å². The van der Waals surface area contributed by atoms with Crippen molar-refractivity contribution in [3.05, 3.63) is 34.9 Å². The molecule has 0 fully saturated rings. The zero-order chi connectivity index (χ0) is 34.6. The van der Waals surface area contributed by atoms with Crippen molar-refractivity contribution in [1.82, 2.24) is 20.4 Å². The van der Waals surface area contributed by atoms with Gasteiger partial charge in [-0.2, -0.15) is 0 Å². The van der Waals surface area contributed by atoms with E-state index < -0.39 is 70.8 Å². The minimum atomic E-state index is -1.83. The summed E-state index contributed by atoms with van der Waals surface area (Å²) >= 11 is 23.1. The molecular formula is C30H44Cl4N4O7. The van der Waals surface area contributed by atoms with Crippen LogP contribution in [0.2, 0.25) is 5.02 Å². The number of ether oxygens (including phenoxy) is 1. The molecule has 0 saturated carbocycles. The fraction of sp³-hybridized carbons (Fsp3) is 0.633. The molecule has 15 heteroatoms. The topological polar surface area (TPSA) is 145 Å². The monoisotopic (exact) mass is 712 g/mol. The molecule has 0 aromatic heterocycles. The highest BCUT2D eigenvalue weighted by molar-refractivity contribution is 6.67. The maximum Gasteiger partial charge on any atom is 0.329 e. The molecule has 1 rings (SSSR count). The van der Waals surface area contributed by atoms with Gasteiger partial charge in [0.25, 0.3) is 0 Å². The summed E-state index contributed by atoms with van der Waals surface area (Å²) in [5.41, 5.74) is 0.688. The molecular weight excluding hydrogens is 670 g/mol. The molecule has 0 bridgehead atoms. The molecule has 0 aliphatic heterocycles. The summed E-state index contributed by atoms with van der Waals surface area (Å²) < 4.78 is 3.24. The number of amides is 4. The molecule has 0 aliphatic carbocycles. The van der Waals surface area contributed by atoms with Gasteiger partial charge in [-0.3, -0.25) is 19.2 Å². The Bertz CT molecular complexity index is 1160. The fourth-order valence-electron chi connectivity index (χ4n) is 4.30. The van der Waals surface area contributed by atoms with E-state index in [1.807, 2.05) is 20.8 Å². The normalized spacial score (nSPS) is 14.9. The van der Waals surface area contributed by atoms with Crippen LogP contribution in [0, 0.1) is 11.8 Å². The van der Waals surface area contributed by atoms with Crippen molar-refractivity contribution in [1.29, 1.82) is 0 Å². The molecule has 0 saturated heterocycles. The van der Waals surface area contributed by atoms with Crippen LogP contribution >= 0.6 is 46.4 Å². The Morgan fingerprint density at radius 2 is 1.53 bits per heavy atom. The highest BCUT2D eigenvalue weighted by Gasteiger charge is 2.35. The lowest BCUT2D eigenvalue weighted by molar-refractivity contribution is -0.150. The Kier molecular flexibility index (Phi) is 17.0. The first kappa shape index (κ1) is 40.7. The van der Waals surface area contributed by atoms with Gasteiger partial charge in [-0.05, 0) is 42.9 Å². The zero-order valence-electron chi connectivity index (χ0n) is 26.6. The highest BCUT2D eigenvalue weighted by atomic mass is 35.6. The van der Waals surface area contributed by atoms with Gasteiger partial charge in [0, 0.05) is 25.5 Å². The van der Waals surface area contributed by atoms with E-state index in [0.717, 1.165) is 4.90 Å². The van der Waals surface area contributed by atoms with Crippen molar-refractivity contribution >= 4 is 76.0 Å². The summed E-state index contributed by atoms with van der Waals surface area (Å²) in [5.74, 6) is -3.59. The lowest BCUT2D eigenvalue weighted by atomic mass is 9.99. The van der Waals surface area contributed by atoms with Gasteiger partial charge in [-0.25, -0.2) is 4.79 Å². The van der Waals surface area contributed by atoms with Gasteiger partial charge in [0.15, 0.2) is 0 Å². The van der Waals surface area contributed by atoms with Crippen molar-refractivity contribution in [2.45, 2.75) is 81.9 Å². The molecule has 0 aliphatic rings. The second-order valence-electron chi connectivity index (χ2n) is 11.5. The molecule has 5 atom stereocenters. The number of hydrogen-bond donors (Lipinski definition) is 3. The number of halogens is 4. The van der Waals surface area contributed by atoms with Gasteiger partial charge in [-0.15, -0.1) is 0 Å². The Morgan fingerprint density at radius 3 is 2.04 bits per heavy atom. The van der Waals surface area contributed by atoms with Gasteiger partial charge in [0.2, 0.25) is 27.4 Å². The number of benzene rings is 1. The molecule has 0 heterocycles. The number of aliphatic hydroxyl groups is 1. The Morgan fingerprint density at radius 1 is 0.956 bits per heavy atom. The van der Waals surface area contributed by atoms with Gasteiger partial charge < -0.3 is 30.3 Å². The maximum absolute atomic E-state index is 13.8. The number of carbonyl (C=O) groups is 5. The molecule has 0 radical (unpaired) electrons. The lowest BCUT2D eigenvalue weighted by Gasteiger charge is -2.33. The first-order valence-corrected chi connectivity index (χ1v) is 16.1. The van der Waals surface area contributed by atoms with Gasteiger partial charge in [0.1, 0.15) is 30.8 Å². The summed E-state index contributed by atoms with van der Waals surface area (Å²) in [5, 5.41) is 15.7. The van der Waals surface area contributed by atoms with Crippen LogP contribution in [0.5, 0.6) is 0 Å². The van der Waals surface area contributed by atoms with Crippen molar-refractivity contribution in [2.24, 2.45) is 11.8 Å². The molecule has 254 valence electrons. The zero-order valence-corrected chi connectivity index (χ0v) is 29.6. The molecule has 1 aromatic rings. The van der Waals surface area contributed by atoms with Gasteiger partial charge >= 0.3 is 5.97 Å². The SMILES string of the molecule is CCC(C)C(NC(=O)CN(C)C(=O)C(Cc1ccc(Cl)cc1)N(C)C(=O)C(C)NC(=O)C(O)CC(C)C)C(=O)OCC(Cl)(Cl)Cl. The van der Waals surface area contributed by atoms with Crippen molar-refractivity contribution < 1.29 is 33.8 Å². The average Bonchev–Trinajstić information content (AvgIpc) is 2.95. The molecule has 5 unspecified atom stereocenters. The van der Waals surface area contributed by atoms with Crippen molar-refractivity contribution in [3.63, 3.8) is 0 Å². The third-order valence-electron chi connectivity index (χ3n) is 7.09. The van der Waals surface area contributed by atoms with E-state index in [1.165, 1.54) is 25.9 Å². The number of rotatable bonds is 16. The van der Waals surface area contributed by atoms with Crippen LogP contribution in [-0.2, 0) is 35.1 Å². The first-order valence-electron chi connectivity index (χ1n) is 14.5. The van der Waals surface area contributed by atoms with E-state index in [1.54, 1.807) is 31.2 Å². The van der Waals surface area contributed by atoms with Gasteiger partial charge in [0.05, 0.1) is 6.54 Å². The first-order chi connectivity index (χ1) is 20.8. The number of hydrogen-bond acceptors (Lipinski definition) is 7. The summed E-state index contributed by atoms with van der Waals surface area (Å²) in [6, 6.07) is 3.49. The smallest absolute Gasteiger partial charge is 0.329 e. The molecule has 1 aromatic carbocycles. The molecule has 4 amide bonds. The third kappa shape index (κ3) is 14.3. The van der Waals surface area contributed by atoms with Crippen LogP contribution in [-0.4, -0.2) is 99.8 Å². The van der Waals surface area contributed by atoms with Crippen LogP contribution in [0.1, 0.15) is 53.0 Å². The number of aliphatic hydroxyl groups excluding tert-OH is 1. The second kappa shape index (κ2) is 18.7. The summed E-state index contributed by atoms with van der Waals surface area (Å²) in [7, 11) is 2.81. The highest BCUT2D eigenvalue weighted by Crippen LogP contribution is 2.26. The lowest BCUT2D eigenvalue weighted by Crippen LogP contribution is -2.56.